The van der Waals surface area contributed by atoms with Crippen molar-refractivity contribution in [3.8, 4) is 0 Å². The lowest BCUT2D eigenvalue weighted by Gasteiger charge is -2.33. The van der Waals surface area contributed by atoms with Crippen LogP contribution in [0.2, 0.25) is 0 Å². The molecule has 1 heterocycles. The highest BCUT2D eigenvalue weighted by Crippen LogP contribution is 2.51. The van der Waals surface area contributed by atoms with E-state index in [4.69, 9.17) is 0 Å². The van der Waals surface area contributed by atoms with Crippen LogP contribution in [-0.4, -0.2) is 44.6 Å². The molecular formula is C22H32N2O3S. The zero-order valence-electron chi connectivity index (χ0n) is 16.8. The van der Waals surface area contributed by atoms with Crippen LogP contribution < -0.4 is 4.72 Å². The summed E-state index contributed by atoms with van der Waals surface area (Å²) in [6, 6.07) is 8.59. The van der Waals surface area contributed by atoms with Gasteiger partial charge in [0.2, 0.25) is 15.9 Å². The van der Waals surface area contributed by atoms with Gasteiger partial charge in [0.15, 0.2) is 0 Å². The first-order valence-corrected chi connectivity index (χ1v) is 12.7. The Kier molecular flexibility index (Phi) is 5.79. The number of sulfonamides is 1. The molecular weight excluding hydrogens is 372 g/mol. The molecule has 6 heteroatoms. The van der Waals surface area contributed by atoms with Gasteiger partial charge < -0.3 is 4.90 Å². The molecule has 0 radical (unpaired) electrons. The zero-order valence-corrected chi connectivity index (χ0v) is 17.6. The lowest BCUT2D eigenvalue weighted by molar-refractivity contribution is -0.133. The summed E-state index contributed by atoms with van der Waals surface area (Å²) >= 11 is 0. The predicted octanol–water partition coefficient (Wildman–Crippen LogP) is 3.38. The standard InChI is InChI=1S/C22H32N2O3S/c1-28(26,27)23-17-10-7-13-24(15-17)22(25)21-14-20(21)19-12-6-5-11-18(19)16-8-3-2-4-9-16/h5-6,11-12,16-17,20-21,23H,2-4,7-10,13-15H2,1H3. The average molecular weight is 405 g/mol. The average Bonchev–Trinajstić information content (AvgIpc) is 3.48. The molecule has 2 aliphatic carbocycles. The molecule has 0 aromatic heterocycles. The maximum absolute atomic E-state index is 13.1. The number of nitrogens with zero attached hydrogens (tertiary/aromatic N) is 1. The third kappa shape index (κ3) is 4.60. The van der Waals surface area contributed by atoms with Crippen LogP contribution in [0, 0.1) is 5.92 Å². The van der Waals surface area contributed by atoms with Gasteiger partial charge in [0.25, 0.3) is 0 Å². The summed E-state index contributed by atoms with van der Waals surface area (Å²) in [6.45, 7) is 1.24. The van der Waals surface area contributed by atoms with Gasteiger partial charge in [-0.25, -0.2) is 13.1 Å². The summed E-state index contributed by atoms with van der Waals surface area (Å²) < 4.78 is 25.7. The molecule has 0 bridgehead atoms. The van der Waals surface area contributed by atoms with E-state index >= 15 is 0 Å². The van der Waals surface area contributed by atoms with Crippen LogP contribution in [0.4, 0.5) is 0 Å². The fourth-order valence-electron chi connectivity index (χ4n) is 5.26. The van der Waals surface area contributed by atoms with Crippen molar-refractivity contribution in [1.82, 2.24) is 9.62 Å². The van der Waals surface area contributed by atoms with Gasteiger partial charge in [-0.1, -0.05) is 43.5 Å². The summed E-state index contributed by atoms with van der Waals surface area (Å²) in [5.74, 6) is 1.28. The molecule has 2 saturated carbocycles. The number of amides is 1. The van der Waals surface area contributed by atoms with Gasteiger partial charge in [-0.05, 0) is 55.1 Å². The molecule has 1 aromatic rings. The molecule has 1 amide bonds. The molecule has 1 N–H and O–H groups in total. The maximum atomic E-state index is 13.1. The number of likely N-dealkylation sites (tertiary alicyclic amines) is 1. The van der Waals surface area contributed by atoms with Crippen molar-refractivity contribution >= 4 is 15.9 Å². The lowest BCUT2D eigenvalue weighted by atomic mass is 9.81. The maximum Gasteiger partial charge on any atom is 0.226 e. The molecule has 3 unspecified atom stereocenters. The van der Waals surface area contributed by atoms with Crippen LogP contribution in [-0.2, 0) is 14.8 Å². The van der Waals surface area contributed by atoms with Crippen LogP contribution >= 0.6 is 0 Å². The van der Waals surface area contributed by atoms with E-state index in [9.17, 15) is 13.2 Å². The molecule has 3 fully saturated rings. The van der Waals surface area contributed by atoms with E-state index in [-0.39, 0.29) is 17.9 Å². The molecule has 1 aromatic carbocycles. The number of hydrogen-bond acceptors (Lipinski definition) is 3. The minimum absolute atomic E-state index is 0.0710. The molecule has 28 heavy (non-hydrogen) atoms. The van der Waals surface area contributed by atoms with Gasteiger partial charge in [-0.3, -0.25) is 4.79 Å². The topological polar surface area (TPSA) is 66.5 Å². The van der Waals surface area contributed by atoms with Crippen molar-refractivity contribution in [2.75, 3.05) is 19.3 Å². The Morgan fingerprint density at radius 1 is 1.04 bits per heavy atom. The van der Waals surface area contributed by atoms with Crippen LogP contribution in [0.1, 0.15) is 74.3 Å². The van der Waals surface area contributed by atoms with Crippen LogP contribution in [0.5, 0.6) is 0 Å². The van der Waals surface area contributed by atoms with E-state index in [1.54, 1.807) is 0 Å². The highest BCUT2D eigenvalue weighted by Gasteiger charge is 2.47. The molecule has 3 atom stereocenters. The van der Waals surface area contributed by atoms with Gasteiger partial charge in [-0.15, -0.1) is 0 Å². The summed E-state index contributed by atoms with van der Waals surface area (Å²) in [5.41, 5.74) is 2.85. The van der Waals surface area contributed by atoms with Crippen LogP contribution in [0.3, 0.4) is 0 Å². The number of piperidine rings is 1. The normalized spacial score (nSPS) is 28.9. The van der Waals surface area contributed by atoms with Crippen molar-refractivity contribution in [2.24, 2.45) is 5.92 Å². The van der Waals surface area contributed by atoms with Gasteiger partial charge in [0.05, 0.1) is 6.26 Å². The number of carbonyl (C=O) groups excluding carboxylic acids is 1. The minimum Gasteiger partial charge on any atom is -0.341 e. The fourth-order valence-corrected chi connectivity index (χ4v) is 6.05. The van der Waals surface area contributed by atoms with E-state index < -0.39 is 10.0 Å². The first-order valence-electron chi connectivity index (χ1n) is 10.8. The summed E-state index contributed by atoms with van der Waals surface area (Å²) in [7, 11) is -3.24. The van der Waals surface area contributed by atoms with E-state index in [0.29, 0.717) is 18.4 Å². The number of benzene rings is 1. The Hall–Kier alpha value is -1.40. The van der Waals surface area contributed by atoms with Gasteiger partial charge >= 0.3 is 0 Å². The SMILES string of the molecule is CS(=O)(=O)NC1CCCN(C(=O)C2CC2c2ccccc2C2CCCCC2)C1. The van der Waals surface area contributed by atoms with Crippen molar-refractivity contribution in [1.29, 1.82) is 0 Å². The first-order chi connectivity index (χ1) is 13.4. The number of hydrogen-bond donors (Lipinski definition) is 1. The second kappa shape index (κ2) is 8.15. The molecule has 3 aliphatic rings. The lowest BCUT2D eigenvalue weighted by Crippen LogP contribution is -2.49. The van der Waals surface area contributed by atoms with Gasteiger partial charge in [0.1, 0.15) is 0 Å². The van der Waals surface area contributed by atoms with Gasteiger partial charge in [0, 0.05) is 25.0 Å². The first kappa shape index (κ1) is 19.9. The Morgan fingerprint density at radius 3 is 2.46 bits per heavy atom. The molecule has 154 valence electrons. The third-order valence-electron chi connectivity index (χ3n) is 6.66. The van der Waals surface area contributed by atoms with E-state index in [2.05, 4.69) is 29.0 Å². The second-order valence-electron chi connectivity index (χ2n) is 8.93. The minimum atomic E-state index is -3.24. The molecule has 4 rings (SSSR count). The summed E-state index contributed by atoms with van der Waals surface area (Å²) in [4.78, 5) is 15.0. The highest BCUT2D eigenvalue weighted by molar-refractivity contribution is 7.88. The Labute approximate surface area is 168 Å². The van der Waals surface area contributed by atoms with Gasteiger partial charge in [-0.2, -0.15) is 0 Å². The monoisotopic (exact) mass is 404 g/mol. The van der Waals surface area contributed by atoms with Crippen molar-refractivity contribution < 1.29 is 13.2 Å². The third-order valence-corrected chi connectivity index (χ3v) is 7.42. The summed E-state index contributed by atoms with van der Waals surface area (Å²) in [6.07, 6.45) is 10.3. The molecule has 1 aliphatic heterocycles. The second-order valence-corrected chi connectivity index (χ2v) is 10.7. The van der Waals surface area contributed by atoms with E-state index in [0.717, 1.165) is 25.8 Å². The van der Waals surface area contributed by atoms with E-state index in [1.165, 1.54) is 49.5 Å². The smallest absolute Gasteiger partial charge is 0.226 e. The fraction of sp³-hybridized carbons (Fsp3) is 0.682. The highest BCUT2D eigenvalue weighted by atomic mass is 32.2. The Balaban J connectivity index is 1.42. The van der Waals surface area contributed by atoms with E-state index in [1.807, 2.05) is 4.90 Å². The number of rotatable bonds is 5. The van der Waals surface area contributed by atoms with Crippen molar-refractivity contribution in [2.45, 2.75) is 69.2 Å². The largest absolute Gasteiger partial charge is 0.341 e. The van der Waals surface area contributed by atoms with Crippen LogP contribution in [0.15, 0.2) is 24.3 Å². The molecule has 5 nitrogen and oxygen atoms in total. The molecule has 0 spiro atoms. The zero-order chi connectivity index (χ0) is 19.7. The number of nitrogens with one attached hydrogen (secondary N) is 1. The van der Waals surface area contributed by atoms with Crippen molar-refractivity contribution in [3.63, 3.8) is 0 Å². The predicted molar refractivity (Wildman–Crippen MR) is 111 cm³/mol. The Morgan fingerprint density at radius 2 is 1.75 bits per heavy atom. The summed E-state index contributed by atoms with van der Waals surface area (Å²) in [5, 5.41) is 0. The van der Waals surface area contributed by atoms with Crippen LogP contribution in [0.25, 0.3) is 0 Å². The molecule has 1 saturated heterocycles. The Bertz CT molecular complexity index is 817. The van der Waals surface area contributed by atoms with Crippen molar-refractivity contribution in [3.05, 3.63) is 35.4 Å². The number of carbonyl (C=O) groups is 1. The quantitative estimate of drug-likeness (QED) is 0.818.